The molecule has 6 nitrogen and oxygen atoms in total. The molecule has 2 N–H and O–H groups in total. The van der Waals surface area contributed by atoms with Crippen molar-refractivity contribution in [1.29, 1.82) is 0 Å². The summed E-state index contributed by atoms with van der Waals surface area (Å²) in [5, 5.41) is 5.34. The molecule has 0 aliphatic heterocycles. The number of ketones is 1. The van der Waals surface area contributed by atoms with Crippen LogP contribution in [0, 0.1) is 13.8 Å². The largest absolute Gasteiger partial charge is 0.457 e. The number of halogens is 3. The molecule has 0 saturated carbocycles. The van der Waals surface area contributed by atoms with Gasteiger partial charge in [-0.3, -0.25) is 9.78 Å². The number of anilines is 1. The summed E-state index contributed by atoms with van der Waals surface area (Å²) < 4.78 is 46.4. The van der Waals surface area contributed by atoms with E-state index in [1.165, 1.54) is 19.2 Å². The molecule has 0 fully saturated rings. The molecule has 0 spiro atoms. The van der Waals surface area contributed by atoms with Crippen LogP contribution in [0.1, 0.15) is 77.8 Å². The predicted molar refractivity (Wildman–Crippen MR) is 145 cm³/mol. The minimum absolute atomic E-state index is 0.0785. The zero-order chi connectivity index (χ0) is 28.6. The molecular weight excluding hydrogens is 507 g/mol. The summed E-state index contributed by atoms with van der Waals surface area (Å²) in [5.74, 6) is 0.992. The molecule has 2 amide bonds. The third-order valence-electron chi connectivity index (χ3n) is 6.31. The fourth-order valence-electron chi connectivity index (χ4n) is 4.18. The fourth-order valence-corrected chi connectivity index (χ4v) is 4.18. The SMILES string of the molecule is CCCCCc1cc(C)c(C(F)(F)F)cc1NC(=O)NCc1ccc(Oc2ccnc(C(=O)CC)c2)c(C)c1. The Labute approximate surface area is 227 Å². The molecule has 0 aliphatic carbocycles. The number of hydrogen-bond acceptors (Lipinski definition) is 4. The number of aromatic nitrogens is 1. The van der Waals surface area contributed by atoms with Crippen LogP contribution in [0.2, 0.25) is 0 Å². The minimum atomic E-state index is -4.51. The van der Waals surface area contributed by atoms with Crippen molar-refractivity contribution in [3.63, 3.8) is 0 Å². The average molecular weight is 542 g/mol. The Balaban J connectivity index is 1.68. The summed E-state index contributed by atoms with van der Waals surface area (Å²) in [6, 6.07) is 10.6. The van der Waals surface area contributed by atoms with Crippen molar-refractivity contribution in [2.24, 2.45) is 0 Å². The molecule has 208 valence electrons. The predicted octanol–water partition coefficient (Wildman–Crippen LogP) is 8.16. The van der Waals surface area contributed by atoms with Gasteiger partial charge in [0.2, 0.25) is 0 Å². The summed E-state index contributed by atoms with van der Waals surface area (Å²) in [6.45, 7) is 7.27. The van der Waals surface area contributed by atoms with E-state index >= 15 is 0 Å². The number of rotatable bonds is 11. The summed E-state index contributed by atoms with van der Waals surface area (Å²) in [4.78, 5) is 28.6. The summed E-state index contributed by atoms with van der Waals surface area (Å²) in [7, 11) is 0. The number of nitrogens with one attached hydrogen (secondary N) is 2. The molecule has 3 aromatic rings. The number of carbonyl (C=O) groups excluding carboxylic acids is 2. The zero-order valence-corrected chi connectivity index (χ0v) is 22.7. The molecular formula is C30H34F3N3O3. The zero-order valence-electron chi connectivity index (χ0n) is 22.7. The van der Waals surface area contributed by atoms with Gasteiger partial charge >= 0.3 is 12.2 Å². The topological polar surface area (TPSA) is 80.3 Å². The maximum absolute atomic E-state index is 13.5. The Hall–Kier alpha value is -3.88. The van der Waals surface area contributed by atoms with E-state index in [-0.39, 0.29) is 23.6 Å². The second-order valence-electron chi connectivity index (χ2n) is 9.44. The minimum Gasteiger partial charge on any atom is -0.457 e. The first kappa shape index (κ1) is 29.7. The first-order valence-electron chi connectivity index (χ1n) is 13.0. The molecule has 1 aromatic heterocycles. The second-order valence-corrected chi connectivity index (χ2v) is 9.44. The van der Waals surface area contributed by atoms with Crippen LogP contribution in [0.3, 0.4) is 0 Å². The van der Waals surface area contributed by atoms with E-state index in [1.54, 1.807) is 31.2 Å². The van der Waals surface area contributed by atoms with Gasteiger partial charge in [-0.05, 0) is 67.1 Å². The molecule has 0 unspecified atom stereocenters. The molecule has 9 heteroatoms. The number of nitrogens with zero attached hydrogens (tertiary/aromatic N) is 1. The molecule has 0 saturated heterocycles. The van der Waals surface area contributed by atoms with E-state index < -0.39 is 17.8 Å². The fraction of sp³-hybridized carbons (Fsp3) is 0.367. The third kappa shape index (κ3) is 8.30. The van der Waals surface area contributed by atoms with Crippen LogP contribution in [0.15, 0.2) is 48.7 Å². The van der Waals surface area contributed by atoms with Gasteiger partial charge in [-0.1, -0.05) is 44.9 Å². The van der Waals surface area contributed by atoms with Gasteiger partial charge in [0.15, 0.2) is 5.78 Å². The number of aryl methyl sites for hydroxylation is 3. The highest BCUT2D eigenvalue weighted by atomic mass is 19.4. The monoisotopic (exact) mass is 541 g/mol. The molecule has 0 atom stereocenters. The van der Waals surface area contributed by atoms with Gasteiger partial charge in [0.05, 0.1) is 5.56 Å². The highest BCUT2D eigenvalue weighted by Crippen LogP contribution is 2.35. The van der Waals surface area contributed by atoms with Crippen molar-refractivity contribution in [3.8, 4) is 11.5 Å². The lowest BCUT2D eigenvalue weighted by Crippen LogP contribution is -2.29. The summed E-state index contributed by atoms with van der Waals surface area (Å²) in [6.07, 6.45) is 0.682. The average Bonchev–Trinajstić information content (AvgIpc) is 2.89. The second kappa shape index (κ2) is 13.3. The highest BCUT2D eigenvalue weighted by molar-refractivity contribution is 5.94. The van der Waals surface area contributed by atoms with E-state index in [1.807, 2.05) is 13.0 Å². The van der Waals surface area contributed by atoms with E-state index in [0.717, 1.165) is 36.5 Å². The molecule has 0 radical (unpaired) electrons. The number of hydrogen-bond donors (Lipinski definition) is 2. The van der Waals surface area contributed by atoms with Crippen molar-refractivity contribution < 1.29 is 27.5 Å². The summed E-state index contributed by atoms with van der Waals surface area (Å²) >= 11 is 0. The number of carbonyl (C=O) groups is 2. The number of pyridine rings is 1. The van der Waals surface area contributed by atoms with Crippen LogP contribution in [0.5, 0.6) is 11.5 Å². The first-order chi connectivity index (χ1) is 18.5. The summed E-state index contributed by atoms with van der Waals surface area (Å²) in [5.41, 5.74) is 2.16. The number of benzene rings is 2. The van der Waals surface area contributed by atoms with Crippen molar-refractivity contribution >= 4 is 17.5 Å². The van der Waals surface area contributed by atoms with Gasteiger partial charge in [0.1, 0.15) is 17.2 Å². The Morgan fingerprint density at radius 3 is 2.41 bits per heavy atom. The van der Waals surface area contributed by atoms with Crippen LogP contribution >= 0.6 is 0 Å². The molecule has 0 aliphatic rings. The number of ether oxygens (including phenoxy) is 1. The Kier molecular flexibility index (Phi) is 10.1. The number of urea groups is 1. The Morgan fingerprint density at radius 1 is 0.974 bits per heavy atom. The molecule has 1 heterocycles. The first-order valence-corrected chi connectivity index (χ1v) is 13.0. The van der Waals surface area contributed by atoms with Gasteiger partial charge in [-0.25, -0.2) is 4.79 Å². The van der Waals surface area contributed by atoms with E-state index in [0.29, 0.717) is 35.6 Å². The van der Waals surface area contributed by atoms with Crippen LogP contribution < -0.4 is 15.4 Å². The van der Waals surface area contributed by atoms with Gasteiger partial charge in [-0.2, -0.15) is 13.2 Å². The molecule has 3 rings (SSSR count). The number of Topliss-reactive ketones (excluding diaryl/α,β-unsaturated/α-hetero) is 1. The van der Waals surface area contributed by atoms with Gasteiger partial charge in [0.25, 0.3) is 0 Å². The Morgan fingerprint density at radius 2 is 1.74 bits per heavy atom. The molecule has 2 aromatic carbocycles. The van der Waals surface area contributed by atoms with Crippen LogP contribution in [0.25, 0.3) is 0 Å². The number of amides is 2. The lowest BCUT2D eigenvalue weighted by molar-refractivity contribution is -0.138. The van der Waals surface area contributed by atoms with Gasteiger partial charge in [-0.15, -0.1) is 0 Å². The third-order valence-corrected chi connectivity index (χ3v) is 6.31. The van der Waals surface area contributed by atoms with E-state index in [9.17, 15) is 22.8 Å². The van der Waals surface area contributed by atoms with Gasteiger partial charge < -0.3 is 15.4 Å². The normalized spacial score (nSPS) is 11.3. The standard InChI is InChI=1S/C30H34F3N3O3/c1-5-7-8-9-22-15-19(3)24(30(31,32)33)17-25(22)36-29(38)35-18-21-10-11-28(20(4)14-21)39-23-12-13-34-26(16-23)27(37)6-2/h10-17H,5-9,18H2,1-4H3,(H2,35,36,38). The van der Waals surface area contributed by atoms with E-state index in [2.05, 4.69) is 22.5 Å². The van der Waals surface area contributed by atoms with Crippen LogP contribution in [0.4, 0.5) is 23.7 Å². The number of alkyl halides is 3. The van der Waals surface area contributed by atoms with Gasteiger partial charge in [0, 0.05) is 30.9 Å². The van der Waals surface area contributed by atoms with Crippen molar-refractivity contribution in [2.75, 3.05) is 5.32 Å². The smallest absolute Gasteiger partial charge is 0.416 e. The number of unbranched alkanes of at least 4 members (excludes halogenated alkanes) is 2. The van der Waals surface area contributed by atoms with E-state index in [4.69, 9.17) is 4.74 Å². The Bertz CT molecular complexity index is 1320. The quantitative estimate of drug-likeness (QED) is 0.190. The lowest BCUT2D eigenvalue weighted by atomic mass is 9.98. The molecule has 39 heavy (non-hydrogen) atoms. The maximum Gasteiger partial charge on any atom is 0.416 e. The molecule has 0 bridgehead atoms. The lowest BCUT2D eigenvalue weighted by Gasteiger charge is -2.18. The van der Waals surface area contributed by atoms with Crippen LogP contribution in [-0.2, 0) is 19.1 Å². The van der Waals surface area contributed by atoms with Crippen molar-refractivity contribution in [3.05, 3.63) is 82.2 Å². The van der Waals surface area contributed by atoms with Crippen molar-refractivity contribution in [1.82, 2.24) is 10.3 Å². The highest BCUT2D eigenvalue weighted by Gasteiger charge is 2.33. The van der Waals surface area contributed by atoms with Crippen LogP contribution in [-0.4, -0.2) is 16.8 Å². The van der Waals surface area contributed by atoms with Crippen molar-refractivity contribution in [2.45, 2.75) is 72.5 Å². The maximum atomic E-state index is 13.5.